The molecule has 1 aromatic carbocycles. The van der Waals surface area contributed by atoms with Crippen molar-refractivity contribution in [3.05, 3.63) is 39.5 Å². The number of nitrogens with zero attached hydrogens (tertiary/aromatic N) is 1. The van der Waals surface area contributed by atoms with Gasteiger partial charge in [-0.2, -0.15) is 0 Å². The van der Waals surface area contributed by atoms with E-state index in [1.807, 2.05) is 0 Å². The van der Waals surface area contributed by atoms with E-state index in [4.69, 9.17) is 28.9 Å². The largest absolute Gasteiger partial charge is 0.548 e. The van der Waals surface area contributed by atoms with Crippen LogP contribution in [0.2, 0.25) is 5.02 Å². The average molecular weight is 361 g/mol. The van der Waals surface area contributed by atoms with Crippen LogP contribution in [0.4, 0.5) is 4.39 Å². The molecule has 0 aromatic heterocycles. The highest BCUT2D eigenvalue weighted by atomic mass is 35.5. The van der Waals surface area contributed by atoms with Crippen molar-refractivity contribution >= 4 is 57.9 Å². The lowest BCUT2D eigenvalue weighted by atomic mass is 10.2. The van der Waals surface area contributed by atoms with Crippen molar-refractivity contribution in [2.24, 2.45) is 0 Å². The summed E-state index contributed by atoms with van der Waals surface area (Å²) in [6.45, 7) is -0.845. The molecule has 116 valence electrons. The van der Waals surface area contributed by atoms with Gasteiger partial charge in [-0.15, -0.1) is 0 Å². The summed E-state index contributed by atoms with van der Waals surface area (Å²) < 4.78 is 13.7. The monoisotopic (exact) mass is 360 g/mol. The van der Waals surface area contributed by atoms with Gasteiger partial charge in [0.05, 0.1) is 22.5 Å². The third-order valence-corrected chi connectivity index (χ3v) is 4.52. The number of aliphatic carboxylic acids is 1. The number of carboxylic acid groups (broad SMARTS) is 1. The zero-order chi connectivity index (χ0) is 16.4. The van der Waals surface area contributed by atoms with Crippen molar-refractivity contribution in [3.63, 3.8) is 0 Å². The maximum atomic E-state index is 13.7. The number of aliphatic hydroxyl groups excluding tert-OH is 1. The van der Waals surface area contributed by atoms with Gasteiger partial charge in [0.15, 0.2) is 0 Å². The van der Waals surface area contributed by atoms with Crippen molar-refractivity contribution < 1.29 is 24.2 Å². The summed E-state index contributed by atoms with van der Waals surface area (Å²) in [6, 6.07) is 2.46. The fourth-order valence-electron chi connectivity index (χ4n) is 1.79. The Morgan fingerprint density at radius 3 is 2.82 bits per heavy atom. The Kier molecular flexibility index (Phi) is 5.17. The lowest BCUT2D eigenvalue weighted by Crippen LogP contribution is -2.51. The molecular weight excluding hydrogens is 353 g/mol. The van der Waals surface area contributed by atoms with Crippen LogP contribution in [0.3, 0.4) is 0 Å². The molecule has 1 amide bonds. The van der Waals surface area contributed by atoms with Crippen LogP contribution in [0.5, 0.6) is 0 Å². The summed E-state index contributed by atoms with van der Waals surface area (Å²) in [6.07, 6.45) is 1.20. The molecule has 1 saturated heterocycles. The van der Waals surface area contributed by atoms with Gasteiger partial charge in [-0.05, 0) is 18.2 Å². The van der Waals surface area contributed by atoms with Gasteiger partial charge in [0.1, 0.15) is 16.2 Å². The van der Waals surface area contributed by atoms with Crippen LogP contribution in [0.15, 0.2) is 23.1 Å². The third-order valence-electron chi connectivity index (χ3n) is 2.86. The van der Waals surface area contributed by atoms with Gasteiger partial charge in [-0.25, -0.2) is 4.39 Å². The van der Waals surface area contributed by atoms with Crippen molar-refractivity contribution in [3.8, 4) is 0 Å². The number of hydrogen-bond acceptors (Lipinski definition) is 6. The number of benzene rings is 1. The quantitative estimate of drug-likeness (QED) is 0.631. The first-order valence-electron chi connectivity index (χ1n) is 5.89. The van der Waals surface area contributed by atoms with E-state index in [-0.39, 0.29) is 19.8 Å². The number of amides is 1. The Morgan fingerprint density at radius 1 is 1.59 bits per heavy atom. The fourth-order valence-corrected chi connectivity index (χ4v) is 3.35. The lowest BCUT2D eigenvalue weighted by Gasteiger charge is -2.25. The molecule has 1 fully saturated rings. The van der Waals surface area contributed by atoms with Crippen molar-refractivity contribution in [1.82, 2.24) is 4.90 Å². The van der Waals surface area contributed by atoms with E-state index in [1.54, 1.807) is 0 Å². The number of halogens is 2. The highest BCUT2D eigenvalue weighted by Gasteiger charge is 2.37. The summed E-state index contributed by atoms with van der Waals surface area (Å²) in [5.74, 6) is -3.02. The number of aliphatic hydroxyl groups is 1. The Hall–Kier alpha value is -1.48. The Balaban J connectivity index is 2.40. The van der Waals surface area contributed by atoms with E-state index in [0.717, 1.165) is 16.7 Å². The minimum absolute atomic E-state index is 0.00124. The molecular formula is C13H8ClFNO4S2-. The maximum absolute atomic E-state index is 13.7. The summed E-state index contributed by atoms with van der Waals surface area (Å²) in [4.78, 5) is 23.9. The number of carbonyl (C=O) groups excluding carboxylic acids is 2. The van der Waals surface area contributed by atoms with E-state index >= 15 is 0 Å². The Bertz CT molecular complexity index is 674. The number of thioether (sulfide) groups is 1. The van der Waals surface area contributed by atoms with Gasteiger partial charge in [0.2, 0.25) is 0 Å². The minimum atomic E-state index is -1.64. The maximum Gasteiger partial charge on any atom is 0.266 e. The first-order valence-corrected chi connectivity index (χ1v) is 7.50. The average Bonchev–Trinajstić information content (AvgIpc) is 2.71. The zero-order valence-electron chi connectivity index (χ0n) is 10.8. The van der Waals surface area contributed by atoms with Crippen molar-refractivity contribution in [1.29, 1.82) is 0 Å². The van der Waals surface area contributed by atoms with Crippen LogP contribution in [0, 0.1) is 5.82 Å². The number of thiocarbonyl (C=S) groups is 1. The summed E-state index contributed by atoms with van der Waals surface area (Å²) in [5, 5.41) is 20.1. The van der Waals surface area contributed by atoms with Gasteiger partial charge in [0, 0.05) is 5.56 Å². The summed E-state index contributed by atoms with van der Waals surface area (Å²) in [5.41, 5.74) is -0.00124. The van der Waals surface area contributed by atoms with E-state index in [9.17, 15) is 19.1 Å². The molecule has 0 aliphatic carbocycles. The molecule has 2 rings (SSSR count). The number of carbonyl (C=O) groups is 2. The van der Waals surface area contributed by atoms with Crippen LogP contribution in [-0.2, 0) is 9.59 Å². The molecule has 9 heteroatoms. The van der Waals surface area contributed by atoms with Crippen LogP contribution in [-0.4, -0.2) is 38.9 Å². The normalized spacial score (nSPS) is 18.1. The topological polar surface area (TPSA) is 80.7 Å². The molecule has 0 bridgehead atoms. The van der Waals surface area contributed by atoms with Crippen LogP contribution < -0.4 is 5.11 Å². The molecule has 1 aromatic rings. The number of rotatable bonds is 4. The molecule has 1 heterocycles. The van der Waals surface area contributed by atoms with Gasteiger partial charge >= 0.3 is 0 Å². The van der Waals surface area contributed by atoms with E-state index < -0.39 is 30.3 Å². The number of carboxylic acids is 1. The fraction of sp³-hybridized carbons (Fsp3) is 0.154. The molecule has 0 unspecified atom stereocenters. The second kappa shape index (κ2) is 6.74. The molecule has 22 heavy (non-hydrogen) atoms. The predicted molar refractivity (Wildman–Crippen MR) is 82.3 cm³/mol. The molecule has 1 aliphatic rings. The molecule has 5 nitrogen and oxygen atoms in total. The first kappa shape index (κ1) is 16.9. The molecule has 1 atom stereocenters. The number of hydrogen-bond donors (Lipinski definition) is 1. The Morgan fingerprint density at radius 2 is 2.27 bits per heavy atom. The first-order chi connectivity index (χ1) is 10.4. The standard InChI is InChI=1S/C13H9ClFNO4S2/c14-7-2-1-3-8(15)6(7)4-10-11(18)16(13(21)22-10)9(5-17)12(19)20/h1-4,9,17H,5H2,(H,19,20)/p-1/b10-4-/t9-/m0/s1. The SMILES string of the molecule is O=C([O-])[C@H](CO)N1C(=O)/C(=C/c2c(F)cccc2Cl)SC1=S. The second-order valence-corrected chi connectivity index (χ2v) is 6.29. The van der Waals surface area contributed by atoms with E-state index in [2.05, 4.69) is 0 Å². The van der Waals surface area contributed by atoms with Gasteiger partial charge in [0.25, 0.3) is 5.91 Å². The third kappa shape index (κ3) is 3.14. The molecule has 0 spiro atoms. The van der Waals surface area contributed by atoms with E-state index in [0.29, 0.717) is 0 Å². The van der Waals surface area contributed by atoms with Gasteiger partial charge < -0.3 is 15.0 Å². The van der Waals surface area contributed by atoms with Crippen molar-refractivity contribution in [2.75, 3.05) is 6.61 Å². The summed E-state index contributed by atoms with van der Waals surface area (Å²) >= 11 is 11.6. The van der Waals surface area contributed by atoms with Gasteiger partial charge in [-0.3, -0.25) is 9.69 Å². The van der Waals surface area contributed by atoms with Crippen LogP contribution in [0.25, 0.3) is 6.08 Å². The Labute approximate surface area is 139 Å². The smallest absolute Gasteiger partial charge is 0.266 e. The van der Waals surface area contributed by atoms with Gasteiger partial charge in [-0.1, -0.05) is 41.6 Å². The molecule has 0 saturated carbocycles. The molecule has 0 radical (unpaired) electrons. The second-order valence-electron chi connectivity index (χ2n) is 4.20. The molecule has 1 aliphatic heterocycles. The zero-order valence-corrected chi connectivity index (χ0v) is 13.2. The van der Waals surface area contributed by atoms with Crippen LogP contribution in [0.1, 0.15) is 5.56 Å². The predicted octanol–water partition coefficient (Wildman–Crippen LogP) is 0.791. The highest BCUT2D eigenvalue weighted by Crippen LogP contribution is 2.35. The highest BCUT2D eigenvalue weighted by molar-refractivity contribution is 8.26. The van der Waals surface area contributed by atoms with Crippen LogP contribution >= 0.6 is 35.6 Å². The molecule has 1 N–H and O–H groups in total. The van der Waals surface area contributed by atoms with E-state index in [1.165, 1.54) is 24.3 Å². The minimum Gasteiger partial charge on any atom is -0.548 e. The lowest BCUT2D eigenvalue weighted by molar-refractivity contribution is -0.311. The van der Waals surface area contributed by atoms with Crippen molar-refractivity contribution in [2.45, 2.75) is 6.04 Å². The summed E-state index contributed by atoms with van der Waals surface area (Å²) in [7, 11) is 0.